The largest absolute Gasteiger partial charge is 0.448 e. The smallest absolute Gasteiger partial charge is 0.356 e. The summed E-state index contributed by atoms with van der Waals surface area (Å²) in [4.78, 5) is 63.3. The molecular weight excluding hydrogens is 1080 g/mol. The first-order valence-electron chi connectivity index (χ1n) is 26.5. The highest BCUT2D eigenvalue weighted by atomic mass is 32.2. The highest BCUT2D eigenvalue weighted by Crippen LogP contribution is 2.47. The number of hydrogen-bond acceptors (Lipinski definition) is 13. The van der Waals surface area contributed by atoms with Crippen molar-refractivity contribution in [2.75, 3.05) is 11.5 Å². The number of anilines is 1. The number of carbonyl (C=O) groups is 3. The molecular formula is C66H52N8O5S3. The van der Waals surface area contributed by atoms with E-state index in [2.05, 4.69) is 51.9 Å². The molecule has 1 fully saturated rings. The molecule has 8 aromatic carbocycles. The van der Waals surface area contributed by atoms with Crippen LogP contribution in [-0.4, -0.2) is 65.3 Å². The van der Waals surface area contributed by atoms with Gasteiger partial charge in [-0.25, -0.2) is 19.4 Å². The molecule has 16 heteroatoms. The van der Waals surface area contributed by atoms with E-state index in [1.807, 2.05) is 211 Å². The van der Waals surface area contributed by atoms with Crippen LogP contribution >= 0.6 is 34.9 Å². The second-order valence-electron chi connectivity index (χ2n) is 19.3. The molecule has 0 aliphatic carbocycles. The maximum atomic E-state index is 15.2. The third-order valence-electron chi connectivity index (χ3n) is 14.5. The number of aromatic nitrogens is 4. The second kappa shape index (κ2) is 23.8. The van der Waals surface area contributed by atoms with Crippen LogP contribution in [0.4, 0.5) is 5.13 Å². The molecule has 0 radical (unpaired) electrons. The molecule has 10 aromatic rings. The molecule has 13 nitrogen and oxygen atoms in total. The number of amides is 2. The van der Waals surface area contributed by atoms with E-state index in [-0.39, 0.29) is 28.0 Å². The average Bonchev–Trinajstić information content (AvgIpc) is 3.81. The summed E-state index contributed by atoms with van der Waals surface area (Å²) in [6.45, 7) is 0. The first-order valence-corrected chi connectivity index (χ1v) is 29.4. The highest BCUT2D eigenvalue weighted by Gasteiger charge is 2.55. The number of carbonyl (C=O) groups excluding carboxylic acids is 3. The Bertz CT molecular complexity index is 3660. The van der Waals surface area contributed by atoms with Crippen molar-refractivity contribution >= 4 is 63.5 Å². The molecule has 2 atom stereocenters. The number of nitrogens with one attached hydrogen (secondary N) is 1. The highest BCUT2D eigenvalue weighted by molar-refractivity contribution is 8.05. The normalized spacial score (nSPS) is 15.4. The molecule has 2 aliphatic heterocycles. The van der Waals surface area contributed by atoms with Gasteiger partial charge in [0.2, 0.25) is 5.60 Å². The zero-order valence-electron chi connectivity index (χ0n) is 43.9. The fraction of sp³-hybridized carbons (Fsp3) is 0.106. The molecule has 4 heterocycles. The summed E-state index contributed by atoms with van der Waals surface area (Å²) in [5.74, 6) is -0.908. The molecule has 0 saturated carbocycles. The van der Waals surface area contributed by atoms with Gasteiger partial charge in [0.25, 0.3) is 11.8 Å². The number of benzene rings is 8. The Morgan fingerprint density at radius 3 is 1.56 bits per heavy atom. The number of oxime groups is 1. The number of β-lactam (4-membered cyclic amide) rings is 1. The number of fused-ring (bicyclic) bond motifs is 1. The zero-order chi connectivity index (χ0) is 55.9. The van der Waals surface area contributed by atoms with Gasteiger partial charge in [-0.2, -0.15) is 5.10 Å². The number of nitrogens with two attached hydrogens (primary N) is 1. The third kappa shape index (κ3) is 10.3. The Labute approximate surface area is 486 Å². The van der Waals surface area contributed by atoms with Gasteiger partial charge in [-0.1, -0.05) is 248 Å². The predicted molar refractivity (Wildman–Crippen MR) is 322 cm³/mol. The van der Waals surface area contributed by atoms with Gasteiger partial charge in [-0.3, -0.25) is 14.5 Å². The molecule has 82 heavy (non-hydrogen) atoms. The summed E-state index contributed by atoms with van der Waals surface area (Å²) < 4.78 is 8.44. The summed E-state index contributed by atoms with van der Waals surface area (Å²) in [5.41, 5.74) is 10.7. The molecule has 2 aliphatic rings. The van der Waals surface area contributed by atoms with Crippen molar-refractivity contribution in [1.29, 1.82) is 0 Å². The first kappa shape index (κ1) is 53.3. The molecule has 2 amide bonds. The molecule has 0 spiro atoms. The van der Waals surface area contributed by atoms with Crippen molar-refractivity contribution in [3.63, 3.8) is 0 Å². The Hall–Kier alpha value is -9.35. The number of esters is 1. The minimum absolute atomic E-state index is 0.0793. The number of hydrogen-bond donors (Lipinski definition) is 2. The molecule has 12 rings (SSSR count). The minimum Gasteiger partial charge on any atom is -0.448 e. The molecule has 3 N–H and O–H groups in total. The van der Waals surface area contributed by atoms with Crippen LogP contribution in [-0.2, 0) is 40.9 Å². The van der Waals surface area contributed by atoms with Crippen LogP contribution in [0.1, 0.15) is 62.1 Å². The van der Waals surface area contributed by atoms with Gasteiger partial charge in [-0.05, 0) is 27.8 Å². The van der Waals surface area contributed by atoms with Gasteiger partial charge in [0.1, 0.15) is 34.7 Å². The first-order chi connectivity index (χ1) is 40.3. The molecule has 404 valence electrons. The summed E-state index contributed by atoms with van der Waals surface area (Å²) in [5, 5.41) is 14.0. The summed E-state index contributed by atoms with van der Waals surface area (Å²) in [6.07, 6.45) is 0.939. The summed E-state index contributed by atoms with van der Waals surface area (Å²) >= 11 is 3.92. The van der Waals surface area contributed by atoms with E-state index in [1.54, 1.807) is 11.7 Å². The van der Waals surface area contributed by atoms with E-state index in [0.29, 0.717) is 16.5 Å². The number of nitrogen functional groups attached to an aromatic ring is 1. The van der Waals surface area contributed by atoms with Crippen molar-refractivity contribution in [2.45, 2.75) is 34.4 Å². The number of ether oxygens (including phenoxy) is 1. The van der Waals surface area contributed by atoms with Gasteiger partial charge >= 0.3 is 5.97 Å². The van der Waals surface area contributed by atoms with E-state index in [0.717, 1.165) is 55.8 Å². The summed E-state index contributed by atoms with van der Waals surface area (Å²) in [6, 6.07) is 77.5. The Morgan fingerprint density at radius 2 is 1.11 bits per heavy atom. The van der Waals surface area contributed by atoms with E-state index < -0.39 is 46.4 Å². The summed E-state index contributed by atoms with van der Waals surface area (Å²) in [7, 11) is 0. The van der Waals surface area contributed by atoms with Crippen molar-refractivity contribution in [2.24, 2.45) is 5.16 Å². The Balaban J connectivity index is 0.886. The van der Waals surface area contributed by atoms with Crippen LogP contribution in [0, 0.1) is 0 Å². The van der Waals surface area contributed by atoms with Crippen LogP contribution < -0.4 is 11.1 Å². The van der Waals surface area contributed by atoms with Gasteiger partial charge < -0.3 is 20.6 Å². The zero-order valence-corrected chi connectivity index (χ0v) is 46.4. The Kier molecular flexibility index (Phi) is 15.5. The molecule has 2 aromatic heterocycles. The standard InChI is InChI=1S/C66H52N8O5S3/c67-64-69-53(41-82-64)56(72-79-66(50-35-19-6-20-36-50,51-37-21-7-22-38-51)52-39-23-8-24-40-52)60(75)70-57-61(76)74-58(63(77)78-59(45-25-9-1-10-26-45)46-27-11-2-12-28-46)54(42-81-62(57)74)80-43-55-68-44-73(71-55)65(47-29-13-3-14-30-47,48-31-15-4-16-32-48)49-33-17-5-18-34-49/h1-41,44,57,59,62H,42-43H2,(H2,67,69)(H,70,75)/b72-56-/t57-,62+/m1/s1. The van der Waals surface area contributed by atoms with E-state index in [4.69, 9.17) is 25.4 Å². The fourth-order valence-electron chi connectivity index (χ4n) is 10.7. The third-order valence-corrected chi connectivity index (χ3v) is 17.7. The van der Waals surface area contributed by atoms with Gasteiger partial charge in [0, 0.05) is 32.7 Å². The predicted octanol–water partition coefficient (Wildman–Crippen LogP) is 11.7. The number of thiazole rings is 1. The van der Waals surface area contributed by atoms with Gasteiger partial charge in [0.05, 0.1) is 5.75 Å². The number of rotatable bonds is 19. The minimum atomic E-state index is -1.34. The lowest BCUT2D eigenvalue weighted by Gasteiger charge is -2.49. The average molecular weight is 1130 g/mol. The lowest BCUT2D eigenvalue weighted by molar-refractivity contribution is -0.154. The van der Waals surface area contributed by atoms with E-state index >= 15 is 4.79 Å². The van der Waals surface area contributed by atoms with Gasteiger partial charge in [0.15, 0.2) is 22.8 Å². The van der Waals surface area contributed by atoms with Crippen molar-refractivity contribution in [3.8, 4) is 0 Å². The lowest BCUT2D eigenvalue weighted by Crippen LogP contribution is -2.71. The fourth-order valence-corrected chi connectivity index (χ4v) is 13.7. The van der Waals surface area contributed by atoms with Crippen molar-refractivity contribution < 1.29 is 24.0 Å². The van der Waals surface area contributed by atoms with Crippen molar-refractivity contribution in [1.82, 2.24) is 30.0 Å². The van der Waals surface area contributed by atoms with Crippen LogP contribution in [0.15, 0.2) is 270 Å². The second-order valence-corrected chi connectivity index (χ2v) is 22.4. The maximum absolute atomic E-state index is 15.2. The van der Waals surface area contributed by atoms with Crippen molar-refractivity contribution in [3.05, 3.63) is 321 Å². The number of nitrogens with zero attached hydrogens (tertiary/aromatic N) is 6. The quantitative estimate of drug-likeness (QED) is 0.0260. The lowest BCUT2D eigenvalue weighted by atomic mass is 9.77. The SMILES string of the molecule is Nc1nc(/C(=N/OC(c2ccccc2)(c2ccccc2)c2ccccc2)C(=O)N[C@@H]2C(=O)N3C(C(=O)OC(c4ccccc4)c4ccccc4)=C(SCc4ncn(C(c5ccccc5)(c5ccccc5)c5ccccc5)n4)CS[C@@H]23)cs1. The van der Waals surface area contributed by atoms with Crippen LogP contribution in [0.2, 0.25) is 0 Å². The maximum Gasteiger partial charge on any atom is 0.356 e. The van der Waals surface area contributed by atoms with E-state index in [9.17, 15) is 9.59 Å². The van der Waals surface area contributed by atoms with Crippen LogP contribution in [0.5, 0.6) is 0 Å². The topological polar surface area (TPSA) is 167 Å². The van der Waals surface area contributed by atoms with E-state index in [1.165, 1.54) is 28.4 Å². The van der Waals surface area contributed by atoms with Gasteiger partial charge in [-0.15, -0.1) is 34.9 Å². The molecule has 0 bridgehead atoms. The Morgan fingerprint density at radius 1 is 0.659 bits per heavy atom. The van der Waals surface area contributed by atoms with Crippen LogP contribution in [0.3, 0.4) is 0 Å². The molecule has 0 unspecified atom stereocenters. The number of thioether (sulfide) groups is 2. The van der Waals surface area contributed by atoms with Crippen LogP contribution in [0.25, 0.3) is 0 Å². The monoisotopic (exact) mass is 1130 g/mol. The molecule has 1 saturated heterocycles.